The lowest BCUT2D eigenvalue weighted by Crippen LogP contribution is -1.99. The molecule has 18 heavy (non-hydrogen) atoms. The van der Waals surface area contributed by atoms with Crippen LogP contribution >= 0.6 is 34.8 Å². The summed E-state index contributed by atoms with van der Waals surface area (Å²) in [6.45, 7) is 0. The van der Waals surface area contributed by atoms with Crippen molar-refractivity contribution in [1.29, 1.82) is 0 Å². The summed E-state index contributed by atoms with van der Waals surface area (Å²) >= 11 is 17.7. The summed E-state index contributed by atoms with van der Waals surface area (Å²) in [5.74, 6) is 0. The Morgan fingerprint density at radius 3 is 2.11 bits per heavy atom. The van der Waals surface area contributed by atoms with Gasteiger partial charge in [0.15, 0.2) is 0 Å². The first kappa shape index (κ1) is 12.1. The van der Waals surface area contributed by atoms with Gasteiger partial charge in [-0.25, -0.2) is 0 Å². The van der Waals surface area contributed by atoms with Crippen molar-refractivity contribution in [2.75, 3.05) is 0 Å². The van der Waals surface area contributed by atoms with Gasteiger partial charge >= 0.3 is 0 Å². The fourth-order valence-corrected chi connectivity index (χ4v) is 2.54. The molecule has 3 heteroatoms. The first-order valence-corrected chi connectivity index (χ1v) is 6.68. The fourth-order valence-electron chi connectivity index (χ4n) is 2.19. The lowest BCUT2D eigenvalue weighted by molar-refractivity contribution is 1.25. The second kappa shape index (κ2) is 4.31. The number of hydrogen-bond donors (Lipinski definition) is 0. The predicted molar refractivity (Wildman–Crippen MR) is 80.7 cm³/mol. The Labute approximate surface area is 120 Å². The van der Waals surface area contributed by atoms with Crippen molar-refractivity contribution in [3.8, 4) is 0 Å². The molecule has 3 aromatic carbocycles. The summed E-state index contributed by atoms with van der Waals surface area (Å²) in [5.41, 5.74) is 0.690. The maximum atomic E-state index is 5.91. The number of fused-ring (bicyclic) bond motifs is 3. The number of halogens is 3. The molecule has 90 valence electrons. The second-order valence-corrected chi connectivity index (χ2v) is 6.50. The summed E-state index contributed by atoms with van der Waals surface area (Å²) in [7, 11) is 0. The number of rotatable bonds is 0. The molecular weight excluding hydrogens is 287 g/mol. The predicted octanol–water partition coefficient (Wildman–Crippen LogP) is 5.82. The van der Waals surface area contributed by atoms with Gasteiger partial charge in [-0.1, -0.05) is 83.3 Å². The molecule has 0 aromatic heterocycles. The Morgan fingerprint density at radius 1 is 0.667 bits per heavy atom. The Balaban J connectivity index is 2.35. The Morgan fingerprint density at radius 2 is 1.33 bits per heavy atom. The van der Waals surface area contributed by atoms with Gasteiger partial charge in [-0.05, 0) is 27.6 Å². The molecule has 0 spiro atoms. The van der Waals surface area contributed by atoms with E-state index in [0.29, 0.717) is 5.56 Å². The van der Waals surface area contributed by atoms with E-state index < -0.39 is 3.79 Å². The molecule has 0 heterocycles. The molecule has 0 aliphatic rings. The molecule has 0 aliphatic heterocycles. The lowest BCUT2D eigenvalue weighted by Gasteiger charge is -2.12. The topological polar surface area (TPSA) is 0 Å². The van der Waals surface area contributed by atoms with Gasteiger partial charge in [-0.2, -0.15) is 0 Å². The quantitative estimate of drug-likeness (QED) is 0.362. The van der Waals surface area contributed by atoms with Crippen LogP contribution in [0.3, 0.4) is 0 Å². The van der Waals surface area contributed by atoms with Crippen molar-refractivity contribution in [3.05, 3.63) is 60.2 Å². The lowest BCUT2D eigenvalue weighted by atomic mass is 10.0. The summed E-state index contributed by atoms with van der Waals surface area (Å²) < 4.78 is -1.38. The van der Waals surface area contributed by atoms with Crippen molar-refractivity contribution in [3.63, 3.8) is 0 Å². The summed E-state index contributed by atoms with van der Waals surface area (Å²) in [5, 5.41) is 4.68. The molecule has 0 atom stereocenters. The van der Waals surface area contributed by atoms with Gasteiger partial charge in [0.25, 0.3) is 0 Å². The van der Waals surface area contributed by atoms with Gasteiger partial charge in [0.05, 0.1) is 0 Å². The van der Waals surface area contributed by atoms with E-state index in [1.54, 1.807) is 0 Å². The summed E-state index contributed by atoms with van der Waals surface area (Å²) in [4.78, 5) is 0. The molecule has 0 fully saturated rings. The minimum absolute atomic E-state index is 0.690. The van der Waals surface area contributed by atoms with E-state index in [1.165, 1.54) is 16.2 Å². The van der Waals surface area contributed by atoms with E-state index in [9.17, 15) is 0 Å². The van der Waals surface area contributed by atoms with E-state index in [2.05, 4.69) is 24.3 Å². The molecular formula is C15H9Cl3. The maximum Gasteiger partial charge on any atom is 0.216 e. The maximum absolute atomic E-state index is 5.91. The van der Waals surface area contributed by atoms with Gasteiger partial charge in [0.2, 0.25) is 3.79 Å². The van der Waals surface area contributed by atoms with Crippen molar-refractivity contribution < 1.29 is 0 Å². The highest BCUT2D eigenvalue weighted by Crippen LogP contribution is 2.39. The van der Waals surface area contributed by atoms with Crippen molar-refractivity contribution in [2.45, 2.75) is 3.79 Å². The molecule has 3 rings (SSSR count). The molecule has 0 unspecified atom stereocenters. The number of alkyl halides is 3. The summed E-state index contributed by atoms with van der Waals surface area (Å²) in [6.07, 6.45) is 0. The van der Waals surface area contributed by atoms with E-state index in [0.717, 1.165) is 5.39 Å². The third-order valence-corrected chi connectivity index (χ3v) is 3.73. The smallest absolute Gasteiger partial charge is 0.0784 e. The van der Waals surface area contributed by atoms with Crippen LogP contribution in [0.15, 0.2) is 54.6 Å². The van der Waals surface area contributed by atoms with Crippen LogP contribution in [0.2, 0.25) is 0 Å². The SMILES string of the molecule is ClC(Cl)(Cl)c1ccc2c(ccc3ccccc32)c1. The van der Waals surface area contributed by atoms with Crippen molar-refractivity contribution in [1.82, 2.24) is 0 Å². The third-order valence-electron chi connectivity index (χ3n) is 3.07. The monoisotopic (exact) mass is 294 g/mol. The highest BCUT2D eigenvalue weighted by Gasteiger charge is 2.22. The van der Waals surface area contributed by atoms with Crippen LogP contribution in [0.25, 0.3) is 21.5 Å². The molecule has 0 aliphatic carbocycles. The first-order valence-electron chi connectivity index (χ1n) is 5.54. The van der Waals surface area contributed by atoms with Gasteiger partial charge in [0, 0.05) is 5.56 Å². The minimum Gasteiger partial charge on any atom is -0.0784 e. The molecule has 0 N–H and O–H groups in total. The Hall–Kier alpha value is -0.950. The van der Waals surface area contributed by atoms with E-state index in [1.807, 2.05) is 30.3 Å². The van der Waals surface area contributed by atoms with Gasteiger partial charge < -0.3 is 0 Å². The van der Waals surface area contributed by atoms with Crippen LogP contribution in [0.1, 0.15) is 5.56 Å². The number of benzene rings is 3. The zero-order chi connectivity index (χ0) is 12.8. The molecule has 0 bridgehead atoms. The minimum atomic E-state index is -1.38. The zero-order valence-electron chi connectivity index (χ0n) is 9.33. The standard InChI is InChI=1S/C15H9Cl3/c16-15(17,18)12-7-8-14-11(9-12)6-5-10-3-1-2-4-13(10)14/h1-9H. The number of hydrogen-bond acceptors (Lipinski definition) is 0. The van der Waals surface area contributed by atoms with E-state index in [-0.39, 0.29) is 0 Å². The average Bonchev–Trinajstić information content (AvgIpc) is 2.37. The van der Waals surface area contributed by atoms with Gasteiger partial charge in [-0.15, -0.1) is 0 Å². The van der Waals surface area contributed by atoms with E-state index in [4.69, 9.17) is 34.8 Å². The van der Waals surface area contributed by atoms with Crippen LogP contribution in [0.5, 0.6) is 0 Å². The van der Waals surface area contributed by atoms with Gasteiger partial charge in [-0.3, -0.25) is 0 Å². The Bertz CT molecular complexity index is 726. The van der Waals surface area contributed by atoms with Crippen molar-refractivity contribution in [2.24, 2.45) is 0 Å². The largest absolute Gasteiger partial charge is 0.216 e. The van der Waals surface area contributed by atoms with Crippen LogP contribution in [-0.2, 0) is 3.79 Å². The fraction of sp³-hybridized carbons (Fsp3) is 0.0667. The highest BCUT2D eigenvalue weighted by atomic mass is 35.6. The first-order chi connectivity index (χ1) is 8.55. The van der Waals surface area contributed by atoms with Crippen LogP contribution in [0.4, 0.5) is 0 Å². The van der Waals surface area contributed by atoms with E-state index >= 15 is 0 Å². The summed E-state index contributed by atoms with van der Waals surface area (Å²) in [6, 6.07) is 18.2. The molecule has 0 amide bonds. The second-order valence-electron chi connectivity index (χ2n) is 4.22. The van der Waals surface area contributed by atoms with Crippen LogP contribution < -0.4 is 0 Å². The molecule has 0 radical (unpaired) electrons. The Kier molecular flexibility index (Phi) is 2.90. The average molecular weight is 296 g/mol. The molecule has 0 nitrogen and oxygen atoms in total. The normalized spacial score (nSPS) is 12.2. The molecule has 0 saturated heterocycles. The molecule has 0 saturated carbocycles. The van der Waals surface area contributed by atoms with Crippen LogP contribution in [-0.4, -0.2) is 0 Å². The van der Waals surface area contributed by atoms with Gasteiger partial charge in [0.1, 0.15) is 0 Å². The zero-order valence-corrected chi connectivity index (χ0v) is 11.6. The molecule has 3 aromatic rings. The van der Waals surface area contributed by atoms with Crippen LogP contribution in [0, 0.1) is 0 Å². The third kappa shape index (κ3) is 2.05. The van der Waals surface area contributed by atoms with Crippen molar-refractivity contribution >= 4 is 56.3 Å². The highest BCUT2D eigenvalue weighted by molar-refractivity contribution is 6.66.